The van der Waals surface area contributed by atoms with Gasteiger partial charge in [-0.1, -0.05) is 11.6 Å². The third kappa shape index (κ3) is 5.98. The van der Waals surface area contributed by atoms with Crippen molar-refractivity contribution in [2.45, 2.75) is 44.1 Å². The number of alkyl halides is 3. The molecule has 1 saturated heterocycles. The van der Waals surface area contributed by atoms with Gasteiger partial charge in [0.1, 0.15) is 29.8 Å². The Morgan fingerprint density at radius 1 is 1.31 bits per heavy atom. The molecule has 1 atom stereocenters. The van der Waals surface area contributed by atoms with E-state index in [1.165, 1.54) is 12.1 Å². The van der Waals surface area contributed by atoms with Crippen molar-refractivity contribution in [1.29, 1.82) is 0 Å². The van der Waals surface area contributed by atoms with Crippen LogP contribution in [0.1, 0.15) is 24.1 Å². The fourth-order valence-electron chi connectivity index (χ4n) is 4.41. The third-order valence-corrected chi connectivity index (χ3v) is 6.41. The van der Waals surface area contributed by atoms with Gasteiger partial charge in [0.2, 0.25) is 5.75 Å². The minimum atomic E-state index is -5.19. The highest BCUT2D eigenvalue weighted by Crippen LogP contribution is 2.42. The van der Waals surface area contributed by atoms with Crippen molar-refractivity contribution < 1.29 is 37.1 Å². The van der Waals surface area contributed by atoms with Gasteiger partial charge in [0.05, 0.1) is 0 Å². The summed E-state index contributed by atoms with van der Waals surface area (Å²) in [6, 6.07) is 8.20. The highest BCUT2D eigenvalue weighted by molar-refractivity contribution is 6.30. The number of piperidine rings is 1. The van der Waals surface area contributed by atoms with Crippen LogP contribution in [-0.4, -0.2) is 64.9 Å². The molecule has 2 aromatic rings. The first-order valence-corrected chi connectivity index (χ1v) is 11.5. The van der Waals surface area contributed by atoms with Gasteiger partial charge in [0.25, 0.3) is 0 Å². The number of likely N-dealkylation sites (tertiary alicyclic amines) is 1. The fourth-order valence-corrected chi connectivity index (χ4v) is 4.61. The average Bonchev–Trinajstić information content (AvgIpc) is 3.15. The highest BCUT2D eigenvalue weighted by Gasteiger charge is 2.44. The molecule has 3 heterocycles. The maximum Gasteiger partial charge on any atom is 0.490 e. The van der Waals surface area contributed by atoms with Gasteiger partial charge in [-0.05, 0) is 45.8 Å². The molecular weight excluding hydrogens is 507 g/mol. The maximum atomic E-state index is 12.9. The molecule has 2 aliphatic rings. The van der Waals surface area contributed by atoms with Crippen molar-refractivity contribution in [3.63, 3.8) is 0 Å². The topological polar surface area (TPSA) is 104 Å². The standard InChI is InChI=1S/C23H23ClF3N3O6/c1-14-2-4-19(20(28-14)30(32)33)34-13-17(35-21(31)23(25,26)27)12-29-8-6-22(7-9-29)11-15-10-16(24)3-5-18(15)36-22/h2-5,10,17H,6-9,11-13H2,1H3/t17-/m0/s1. The van der Waals surface area contributed by atoms with E-state index in [4.69, 9.17) is 21.1 Å². The van der Waals surface area contributed by atoms with Gasteiger partial charge in [-0.3, -0.25) is 4.90 Å². The molecule has 4 rings (SSSR count). The number of esters is 1. The molecule has 36 heavy (non-hydrogen) atoms. The zero-order valence-corrected chi connectivity index (χ0v) is 20.0. The lowest BCUT2D eigenvalue weighted by atomic mass is 9.87. The Kier molecular flexibility index (Phi) is 7.28. The molecule has 1 spiro atoms. The minimum Gasteiger partial charge on any atom is -0.487 e. The Bertz CT molecular complexity index is 1150. The predicted octanol–water partition coefficient (Wildman–Crippen LogP) is 4.27. The summed E-state index contributed by atoms with van der Waals surface area (Å²) in [5.74, 6) is -2.39. The van der Waals surface area contributed by atoms with E-state index in [1.54, 1.807) is 13.0 Å². The number of carbonyl (C=O) groups excluding carboxylic acids is 1. The summed E-state index contributed by atoms with van der Waals surface area (Å²) in [6.45, 7) is 1.94. The number of aromatic nitrogens is 1. The van der Waals surface area contributed by atoms with Crippen LogP contribution in [0.3, 0.4) is 0 Å². The first-order chi connectivity index (χ1) is 16.9. The second-order valence-corrected chi connectivity index (χ2v) is 9.32. The normalized spacial score (nSPS) is 17.8. The van der Waals surface area contributed by atoms with E-state index in [-0.39, 0.29) is 12.3 Å². The van der Waals surface area contributed by atoms with Crippen LogP contribution in [0, 0.1) is 17.0 Å². The zero-order valence-electron chi connectivity index (χ0n) is 19.2. The third-order valence-electron chi connectivity index (χ3n) is 6.17. The SMILES string of the molecule is Cc1ccc(OC[C@H](CN2CCC3(CC2)Cc2cc(Cl)ccc2O3)OC(=O)C(F)(F)F)c([N+](=O)[O-])n1. The number of carbonyl (C=O) groups is 1. The number of nitrogens with zero attached hydrogens (tertiary/aromatic N) is 3. The van der Waals surface area contributed by atoms with Gasteiger partial charge in [0, 0.05) is 50.8 Å². The van der Waals surface area contributed by atoms with Crippen LogP contribution in [0.15, 0.2) is 30.3 Å². The molecule has 9 nitrogen and oxygen atoms in total. The van der Waals surface area contributed by atoms with E-state index < -0.39 is 41.2 Å². The van der Waals surface area contributed by atoms with E-state index in [9.17, 15) is 28.1 Å². The molecule has 1 aromatic heterocycles. The monoisotopic (exact) mass is 529 g/mol. The summed E-state index contributed by atoms with van der Waals surface area (Å²) < 4.78 is 54.9. The number of ether oxygens (including phenoxy) is 3. The van der Waals surface area contributed by atoms with Crippen molar-refractivity contribution in [3.8, 4) is 11.5 Å². The Balaban J connectivity index is 1.41. The highest BCUT2D eigenvalue weighted by atomic mass is 35.5. The number of hydrogen-bond donors (Lipinski definition) is 0. The van der Waals surface area contributed by atoms with Gasteiger partial charge >= 0.3 is 18.0 Å². The quantitative estimate of drug-likeness (QED) is 0.297. The summed E-state index contributed by atoms with van der Waals surface area (Å²) in [5.41, 5.74) is 0.955. The fraction of sp³-hybridized carbons (Fsp3) is 0.478. The lowest BCUT2D eigenvalue weighted by molar-refractivity contribution is -0.390. The molecule has 194 valence electrons. The summed E-state index contributed by atoms with van der Waals surface area (Å²) in [4.78, 5) is 27.7. The lowest BCUT2D eigenvalue weighted by Crippen LogP contribution is -2.50. The van der Waals surface area contributed by atoms with Crippen LogP contribution < -0.4 is 9.47 Å². The van der Waals surface area contributed by atoms with Crippen molar-refractivity contribution >= 4 is 23.4 Å². The van der Waals surface area contributed by atoms with Crippen molar-refractivity contribution in [2.75, 3.05) is 26.2 Å². The molecule has 0 amide bonds. The predicted molar refractivity (Wildman–Crippen MR) is 121 cm³/mol. The molecule has 0 aliphatic carbocycles. The van der Waals surface area contributed by atoms with E-state index in [0.29, 0.717) is 43.1 Å². The first kappa shape index (κ1) is 26.0. The number of pyridine rings is 1. The molecule has 0 bridgehead atoms. The number of hydrogen-bond acceptors (Lipinski definition) is 8. The lowest BCUT2D eigenvalue weighted by Gasteiger charge is -2.39. The first-order valence-electron chi connectivity index (χ1n) is 11.2. The molecule has 0 unspecified atom stereocenters. The minimum absolute atomic E-state index is 0.0518. The largest absolute Gasteiger partial charge is 0.490 e. The Morgan fingerprint density at radius 3 is 2.69 bits per heavy atom. The molecular formula is C23H23ClF3N3O6. The molecule has 0 saturated carbocycles. The molecule has 13 heteroatoms. The molecule has 1 aromatic carbocycles. The molecule has 1 fully saturated rings. The van der Waals surface area contributed by atoms with Gasteiger partial charge in [-0.2, -0.15) is 13.2 Å². The van der Waals surface area contributed by atoms with Gasteiger partial charge in [0.15, 0.2) is 0 Å². The number of benzene rings is 1. The van der Waals surface area contributed by atoms with Crippen LogP contribution >= 0.6 is 11.6 Å². The number of fused-ring (bicyclic) bond motifs is 1. The van der Waals surface area contributed by atoms with Crippen LogP contribution in [0.25, 0.3) is 0 Å². The van der Waals surface area contributed by atoms with Crippen LogP contribution in [0.2, 0.25) is 5.02 Å². The zero-order chi connectivity index (χ0) is 26.1. The van der Waals surface area contributed by atoms with Crippen molar-refractivity contribution in [3.05, 3.63) is 56.7 Å². The van der Waals surface area contributed by atoms with Gasteiger partial charge in [-0.25, -0.2) is 4.79 Å². The summed E-state index contributed by atoms with van der Waals surface area (Å²) >= 11 is 6.08. The number of nitro groups is 1. The maximum absolute atomic E-state index is 12.9. The van der Waals surface area contributed by atoms with Crippen LogP contribution in [0.4, 0.5) is 19.0 Å². The van der Waals surface area contributed by atoms with E-state index in [2.05, 4.69) is 9.72 Å². The molecule has 0 N–H and O–H groups in total. The second kappa shape index (κ2) is 10.1. The van der Waals surface area contributed by atoms with Crippen LogP contribution in [0.5, 0.6) is 11.5 Å². The summed E-state index contributed by atoms with van der Waals surface area (Å²) in [7, 11) is 0. The van der Waals surface area contributed by atoms with Crippen molar-refractivity contribution in [1.82, 2.24) is 9.88 Å². The summed E-state index contributed by atoms with van der Waals surface area (Å²) in [6.07, 6.45) is -4.63. The van der Waals surface area contributed by atoms with Gasteiger partial charge < -0.3 is 24.3 Å². The van der Waals surface area contributed by atoms with E-state index >= 15 is 0 Å². The van der Waals surface area contributed by atoms with E-state index in [1.807, 2.05) is 17.0 Å². The number of halogens is 4. The van der Waals surface area contributed by atoms with Gasteiger partial charge in [-0.15, -0.1) is 0 Å². The van der Waals surface area contributed by atoms with E-state index in [0.717, 1.165) is 11.3 Å². The summed E-state index contributed by atoms with van der Waals surface area (Å²) in [5, 5.41) is 11.9. The Morgan fingerprint density at radius 2 is 2.03 bits per heavy atom. The van der Waals surface area contributed by atoms with Crippen molar-refractivity contribution in [2.24, 2.45) is 0 Å². The number of aryl methyl sites for hydroxylation is 1. The Hall–Kier alpha value is -3.12. The molecule has 0 radical (unpaired) electrons. The van der Waals surface area contributed by atoms with Crippen LogP contribution in [-0.2, 0) is 16.0 Å². The smallest absolute Gasteiger partial charge is 0.487 e. The Labute approximate surface area is 209 Å². The second-order valence-electron chi connectivity index (χ2n) is 8.88. The average molecular weight is 530 g/mol. The molecule has 2 aliphatic heterocycles. The number of rotatable bonds is 7.